The molecule has 1 aliphatic carbocycles. The molecule has 17 heavy (non-hydrogen) atoms. The van der Waals surface area contributed by atoms with Gasteiger partial charge in [-0.2, -0.15) is 5.26 Å². The summed E-state index contributed by atoms with van der Waals surface area (Å²) in [6.07, 6.45) is 4.43. The van der Waals surface area contributed by atoms with Gasteiger partial charge in [-0.05, 0) is 43.7 Å². The molecule has 0 aliphatic heterocycles. The molecule has 0 aromatic carbocycles. The van der Waals surface area contributed by atoms with Crippen molar-refractivity contribution in [2.75, 3.05) is 18.4 Å². The molecule has 3 N–H and O–H groups in total. The van der Waals surface area contributed by atoms with Crippen molar-refractivity contribution in [3.8, 4) is 6.07 Å². The summed E-state index contributed by atoms with van der Waals surface area (Å²) in [6.45, 7) is 3.22. The van der Waals surface area contributed by atoms with Crippen molar-refractivity contribution in [3.05, 3.63) is 22.4 Å². The molecule has 1 aliphatic rings. The Hall–Kier alpha value is -1.60. The number of nitriles is 1. The van der Waals surface area contributed by atoms with Crippen LogP contribution in [0.2, 0.25) is 0 Å². The van der Waals surface area contributed by atoms with E-state index < -0.39 is 0 Å². The third-order valence-corrected chi connectivity index (χ3v) is 3.27. The molecule has 0 saturated heterocycles. The summed E-state index contributed by atoms with van der Waals surface area (Å²) in [6, 6.07) is 2.29. The fraction of sp³-hybridized carbons (Fsp3) is 0.538. The Balaban J connectivity index is 2.47. The molecule has 0 spiro atoms. The molecule has 0 fully saturated rings. The Labute approximate surface area is 102 Å². The second-order valence-corrected chi connectivity index (χ2v) is 4.41. The first kappa shape index (κ1) is 11.9. The molecule has 0 bridgehead atoms. The predicted octanol–water partition coefficient (Wildman–Crippen LogP) is 1.51. The molecule has 0 atom stereocenters. The summed E-state index contributed by atoms with van der Waals surface area (Å²) < 4.78 is 0. The van der Waals surface area contributed by atoms with Crippen LogP contribution in [0.3, 0.4) is 0 Å². The minimum Gasteiger partial charge on any atom is -0.368 e. The van der Waals surface area contributed by atoms with Gasteiger partial charge in [0.05, 0.1) is 5.56 Å². The highest BCUT2D eigenvalue weighted by molar-refractivity contribution is 5.60. The van der Waals surface area contributed by atoms with Crippen molar-refractivity contribution < 1.29 is 0 Å². The van der Waals surface area contributed by atoms with E-state index in [-0.39, 0.29) is 0 Å². The van der Waals surface area contributed by atoms with Crippen LogP contribution in [-0.4, -0.2) is 18.1 Å². The average Bonchev–Trinajstić information content (AvgIpc) is 2.36. The van der Waals surface area contributed by atoms with Gasteiger partial charge < -0.3 is 11.1 Å². The number of rotatable bonds is 3. The Morgan fingerprint density at radius 2 is 2.06 bits per heavy atom. The first-order valence-corrected chi connectivity index (χ1v) is 6.14. The van der Waals surface area contributed by atoms with Crippen LogP contribution in [0.4, 0.5) is 5.82 Å². The summed E-state index contributed by atoms with van der Waals surface area (Å²) in [7, 11) is 0. The number of hydrogen-bond donors (Lipinski definition) is 2. The minimum absolute atomic E-state index is 0.544. The number of fused-ring (bicyclic) bond motifs is 1. The molecule has 0 unspecified atom stereocenters. The minimum atomic E-state index is 0.544. The largest absolute Gasteiger partial charge is 0.368 e. The lowest BCUT2D eigenvalue weighted by Crippen LogP contribution is -2.17. The van der Waals surface area contributed by atoms with Crippen LogP contribution in [0.15, 0.2) is 0 Å². The zero-order valence-electron chi connectivity index (χ0n) is 10.2. The molecule has 1 heterocycles. The third kappa shape index (κ3) is 2.25. The van der Waals surface area contributed by atoms with Crippen molar-refractivity contribution in [1.29, 1.82) is 5.26 Å². The van der Waals surface area contributed by atoms with Crippen molar-refractivity contribution in [1.82, 2.24) is 4.98 Å². The predicted molar refractivity (Wildman–Crippen MR) is 67.9 cm³/mol. The normalized spacial score (nSPS) is 13.9. The zero-order valence-corrected chi connectivity index (χ0v) is 10.2. The monoisotopic (exact) mass is 230 g/mol. The van der Waals surface area contributed by atoms with E-state index in [0.717, 1.165) is 24.1 Å². The van der Waals surface area contributed by atoms with E-state index in [1.807, 2.05) is 6.92 Å². The summed E-state index contributed by atoms with van der Waals surface area (Å²) in [4.78, 5) is 4.51. The van der Waals surface area contributed by atoms with Gasteiger partial charge in [-0.1, -0.05) is 0 Å². The highest BCUT2D eigenvalue weighted by Gasteiger charge is 2.19. The second-order valence-electron chi connectivity index (χ2n) is 4.41. The van der Waals surface area contributed by atoms with Crippen LogP contribution in [0, 0.1) is 18.3 Å². The van der Waals surface area contributed by atoms with Crippen LogP contribution in [0.1, 0.15) is 35.2 Å². The molecule has 2 rings (SSSR count). The molecule has 0 radical (unpaired) electrons. The smallest absolute Gasteiger partial charge is 0.144 e. The number of pyridine rings is 1. The molecular weight excluding hydrogens is 212 g/mol. The number of nitrogens with two attached hydrogens (primary N) is 1. The summed E-state index contributed by atoms with van der Waals surface area (Å²) >= 11 is 0. The van der Waals surface area contributed by atoms with Gasteiger partial charge in [0.1, 0.15) is 11.9 Å². The summed E-state index contributed by atoms with van der Waals surface area (Å²) in [5.74, 6) is 0.705. The molecule has 1 aromatic rings. The van der Waals surface area contributed by atoms with Crippen LogP contribution >= 0.6 is 0 Å². The van der Waals surface area contributed by atoms with E-state index in [0.29, 0.717) is 18.9 Å². The van der Waals surface area contributed by atoms with Crippen molar-refractivity contribution >= 4 is 5.82 Å². The highest BCUT2D eigenvalue weighted by Crippen LogP contribution is 2.29. The third-order valence-electron chi connectivity index (χ3n) is 3.27. The Morgan fingerprint density at radius 3 is 2.71 bits per heavy atom. The number of nitrogens with one attached hydrogen (secondary N) is 1. The maximum Gasteiger partial charge on any atom is 0.144 e. The van der Waals surface area contributed by atoms with E-state index in [4.69, 9.17) is 5.73 Å². The zero-order chi connectivity index (χ0) is 12.3. The molecule has 1 aromatic heterocycles. The first-order chi connectivity index (χ1) is 8.27. The standard InChI is InChI=1S/C13H18N4/c1-9-10-4-2-3-5-11(10)12(8-15)13(17-9)16-7-6-14/h2-7,14H2,1H3,(H,16,17). The van der Waals surface area contributed by atoms with Crippen LogP contribution in [0.5, 0.6) is 0 Å². The van der Waals surface area contributed by atoms with E-state index >= 15 is 0 Å². The van der Waals surface area contributed by atoms with Gasteiger partial charge in [0.2, 0.25) is 0 Å². The van der Waals surface area contributed by atoms with Gasteiger partial charge >= 0.3 is 0 Å². The van der Waals surface area contributed by atoms with Crippen LogP contribution < -0.4 is 11.1 Å². The summed E-state index contributed by atoms with van der Waals surface area (Å²) in [5.41, 5.74) is 9.73. The fourth-order valence-corrected chi connectivity index (χ4v) is 2.45. The number of anilines is 1. The Kier molecular flexibility index (Phi) is 3.60. The number of nitrogens with zero attached hydrogens (tertiary/aromatic N) is 2. The van der Waals surface area contributed by atoms with Gasteiger partial charge in [0.15, 0.2) is 0 Å². The van der Waals surface area contributed by atoms with E-state index in [2.05, 4.69) is 16.4 Å². The SMILES string of the molecule is Cc1nc(NCCN)c(C#N)c2c1CCCC2. The quantitative estimate of drug-likeness (QED) is 0.825. The fourth-order valence-electron chi connectivity index (χ4n) is 2.45. The molecule has 0 saturated carbocycles. The molecule has 4 heteroatoms. The van der Waals surface area contributed by atoms with E-state index in [1.54, 1.807) is 0 Å². The van der Waals surface area contributed by atoms with Crippen LogP contribution in [-0.2, 0) is 12.8 Å². The average molecular weight is 230 g/mol. The van der Waals surface area contributed by atoms with Crippen LogP contribution in [0.25, 0.3) is 0 Å². The van der Waals surface area contributed by atoms with Gasteiger partial charge in [0, 0.05) is 18.8 Å². The number of aromatic nitrogens is 1. The molecule has 90 valence electrons. The van der Waals surface area contributed by atoms with Crippen molar-refractivity contribution in [2.45, 2.75) is 32.6 Å². The Morgan fingerprint density at radius 1 is 1.35 bits per heavy atom. The number of aryl methyl sites for hydroxylation is 1. The molecular formula is C13H18N4. The van der Waals surface area contributed by atoms with Gasteiger partial charge in [-0.3, -0.25) is 0 Å². The summed E-state index contributed by atoms with van der Waals surface area (Å²) in [5, 5.41) is 12.4. The van der Waals surface area contributed by atoms with Crippen molar-refractivity contribution in [2.24, 2.45) is 5.73 Å². The maximum absolute atomic E-state index is 9.30. The molecule has 0 amide bonds. The lowest BCUT2D eigenvalue weighted by Gasteiger charge is -2.21. The van der Waals surface area contributed by atoms with Gasteiger partial charge in [-0.25, -0.2) is 4.98 Å². The lowest BCUT2D eigenvalue weighted by molar-refractivity contribution is 0.675. The van der Waals surface area contributed by atoms with Crippen molar-refractivity contribution in [3.63, 3.8) is 0 Å². The molecule has 4 nitrogen and oxygen atoms in total. The van der Waals surface area contributed by atoms with E-state index in [1.165, 1.54) is 24.0 Å². The van der Waals surface area contributed by atoms with E-state index in [9.17, 15) is 5.26 Å². The highest BCUT2D eigenvalue weighted by atomic mass is 15.0. The topological polar surface area (TPSA) is 74.7 Å². The first-order valence-electron chi connectivity index (χ1n) is 6.14. The Bertz CT molecular complexity index is 459. The maximum atomic E-state index is 9.30. The van der Waals surface area contributed by atoms with Gasteiger partial charge in [0.25, 0.3) is 0 Å². The van der Waals surface area contributed by atoms with Gasteiger partial charge in [-0.15, -0.1) is 0 Å². The lowest BCUT2D eigenvalue weighted by atomic mass is 9.88. The number of hydrogen-bond acceptors (Lipinski definition) is 4. The second kappa shape index (κ2) is 5.15.